The number of hydrogen-bond donors (Lipinski definition) is 1. The number of amides is 1. The number of carbonyl (C=O) groups excluding carboxylic acids is 2. The van der Waals surface area contributed by atoms with Crippen LogP contribution in [0.4, 0.5) is 11.4 Å². The molecule has 7 nitrogen and oxygen atoms in total. The smallest absolute Gasteiger partial charge is 0.264 e. The molecule has 0 saturated heterocycles. The summed E-state index contributed by atoms with van der Waals surface area (Å²) in [5.41, 5.74) is 3.74. The summed E-state index contributed by atoms with van der Waals surface area (Å²) in [6.45, 7) is 10.1. The van der Waals surface area contributed by atoms with Crippen molar-refractivity contribution in [3.63, 3.8) is 0 Å². The van der Waals surface area contributed by atoms with Crippen molar-refractivity contribution in [1.29, 1.82) is 0 Å². The zero-order chi connectivity index (χ0) is 30.5. The monoisotopic (exact) mass is 584 g/mol. The number of nitrogens with one attached hydrogen (secondary N) is 1. The topological polar surface area (TPSA) is 92.8 Å². The Balaban J connectivity index is 1.56. The van der Waals surface area contributed by atoms with Crippen LogP contribution in [0.3, 0.4) is 0 Å². The van der Waals surface area contributed by atoms with Crippen molar-refractivity contribution in [3.8, 4) is 5.75 Å². The van der Waals surface area contributed by atoms with Gasteiger partial charge in [0.15, 0.2) is 5.78 Å². The van der Waals surface area contributed by atoms with Crippen molar-refractivity contribution in [1.82, 2.24) is 0 Å². The summed E-state index contributed by atoms with van der Waals surface area (Å²) in [6.07, 6.45) is 0. The number of ketones is 1. The first kappa shape index (κ1) is 30.5. The number of carbonyl (C=O) groups is 2. The Labute approximate surface area is 248 Å². The third kappa shape index (κ3) is 7.25. The minimum atomic E-state index is -4.09. The molecule has 0 aliphatic rings. The molecule has 1 amide bonds. The molecule has 0 fully saturated rings. The van der Waals surface area contributed by atoms with Crippen molar-refractivity contribution in [2.45, 2.75) is 44.9 Å². The second-order valence-corrected chi connectivity index (χ2v) is 12.9. The van der Waals surface area contributed by atoms with E-state index in [1.54, 1.807) is 72.8 Å². The minimum absolute atomic E-state index is 0.0291. The fourth-order valence-electron chi connectivity index (χ4n) is 4.39. The molecule has 0 heterocycles. The quantitative estimate of drug-likeness (QED) is 0.208. The van der Waals surface area contributed by atoms with E-state index in [9.17, 15) is 18.0 Å². The summed E-state index contributed by atoms with van der Waals surface area (Å²) in [6, 6.07) is 27.1. The predicted molar refractivity (Wildman–Crippen MR) is 167 cm³/mol. The molecule has 1 N–H and O–H groups in total. The standard InChI is InChI=1S/C34H36N2O5S/c1-6-41-30-18-20-31(21-19-30)42(39,40)36(29-16-10-24(2)11-17-29)23-32(37)35-28-9-7-8-26(22-28)33(38)25-12-14-27(15-13-25)34(3,4)5/h7-22H,6,23H2,1-5H3,(H,35,37). The Morgan fingerprint density at radius 1 is 0.833 bits per heavy atom. The van der Waals surface area contributed by atoms with Crippen LogP contribution in [0.15, 0.2) is 102 Å². The highest BCUT2D eigenvalue weighted by Crippen LogP contribution is 2.27. The van der Waals surface area contributed by atoms with Crippen LogP contribution in [0, 0.1) is 6.92 Å². The van der Waals surface area contributed by atoms with Gasteiger partial charge >= 0.3 is 0 Å². The molecule has 0 radical (unpaired) electrons. The molecule has 0 saturated carbocycles. The molecule has 0 unspecified atom stereocenters. The maximum absolute atomic E-state index is 13.7. The van der Waals surface area contributed by atoms with Gasteiger partial charge in [-0.25, -0.2) is 8.42 Å². The summed E-state index contributed by atoms with van der Waals surface area (Å²) in [7, 11) is -4.09. The molecule has 0 aromatic heterocycles. The maximum Gasteiger partial charge on any atom is 0.264 e. The fraction of sp³-hybridized carbons (Fsp3) is 0.235. The molecule has 4 aromatic carbocycles. The number of benzene rings is 4. The van der Waals surface area contributed by atoms with Crippen molar-refractivity contribution in [2.75, 3.05) is 22.8 Å². The van der Waals surface area contributed by atoms with Gasteiger partial charge in [-0.15, -0.1) is 0 Å². The van der Waals surface area contributed by atoms with Crippen molar-refractivity contribution in [3.05, 3.63) is 119 Å². The van der Waals surface area contributed by atoms with Gasteiger partial charge in [-0.3, -0.25) is 13.9 Å². The zero-order valence-electron chi connectivity index (χ0n) is 24.5. The Morgan fingerprint density at radius 3 is 2.07 bits per heavy atom. The van der Waals surface area contributed by atoms with Crippen LogP contribution < -0.4 is 14.4 Å². The normalized spacial score (nSPS) is 11.5. The van der Waals surface area contributed by atoms with E-state index in [4.69, 9.17) is 4.74 Å². The molecule has 0 aliphatic heterocycles. The molecule has 0 aliphatic carbocycles. The summed E-state index contributed by atoms with van der Waals surface area (Å²) >= 11 is 0. The Kier molecular flexibility index (Phi) is 9.17. The lowest BCUT2D eigenvalue weighted by Gasteiger charge is -2.24. The molecule has 4 rings (SSSR count). The van der Waals surface area contributed by atoms with E-state index in [2.05, 4.69) is 26.1 Å². The van der Waals surface area contributed by atoms with E-state index < -0.39 is 22.5 Å². The lowest BCUT2D eigenvalue weighted by atomic mass is 9.86. The third-order valence-corrected chi connectivity index (χ3v) is 8.54. The number of rotatable bonds is 10. The van der Waals surface area contributed by atoms with E-state index in [1.165, 1.54) is 12.1 Å². The van der Waals surface area contributed by atoms with Crippen molar-refractivity contribution in [2.24, 2.45) is 0 Å². The average molecular weight is 585 g/mol. The molecule has 8 heteroatoms. The fourth-order valence-corrected chi connectivity index (χ4v) is 5.81. The zero-order valence-corrected chi connectivity index (χ0v) is 25.4. The van der Waals surface area contributed by atoms with Gasteiger partial charge in [0.2, 0.25) is 5.91 Å². The van der Waals surface area contributed by atoms with E-state index in [1.807, 2.05) is 26.0 Å². The summed E-state index contributed by atoms with van der Waals surface area (Å²) in [5.74, 6) is -0.175. The van der Waals surface area contributed by atoms with Gasteiger partial charge in [0.05, 0.1) is 17.2 Å². The van der Waals surface area contributed by atoms with E-state index in [-0.39, 0.29) is 16.1 Å². The molecule has 4 aromatic rings. The number of hydrogen-bond acceptors (Lipinski definition) is 5. The van der Waals surface area contributed by atoms with Gasteiger partial charge in [-0.2, -0.15) is 0 Å². The van der Waals surface area contributed by atoms with Gasteiger partial charge < -0.3 is 10.1 Å². The summed E-state index contributed by atoms with van der Waals surface area (Å²) in [5, 5.41) is 2.76. The van der Waals surface area contributed by atoms with Crippen LogP contribution in [0.2, 0.25) is 0 Å². The van der Waals surface area contributed by atoms with Crippen molar-refractivity contribution >= 4 is 33.1 Å². The van der Waals surface area contributed by atoms with Gasteiger partial charge in [-0.05, 0) is 73.4 Å². The minimum Gasteiger partial charge on any atom is -0.494 e. The first-order chi connectivity index (χ1) is 19.9. The highest BCUT2D eigenvalue weighted by Gasteiger charge is 2.27. The number of aryl methyl sites for hydroxylation is 1. The van der Waals surface area contributed by atoms with Crippen LogP contribution in [0.5, 0.6) is 5.75 Å². The van der Waals surface area contributed by atoms with Crippen molar-refractivity contribution < 1.29 is 22.7 Å². The van der Waals surface area contributed by atoms with Gasteiger partial charge in [0.25, 0.3) is 10.0 Å². The van der Waals surface area contributed by atoms with Crippen LogP contribution >= 0.6 is 0 Å². The summed E-state index contributed by atoms with van der Waals surface area (Å²) in [4.78, 5) is 26.5. The van der Waals surface area contributed by atoms with E-state index in [0.717, 1.165) is 15.4 Å². The third-order valence-electron chi connectivity index (χ3n) is 6.75. The molecule has 0 bridgehead atoms. The molecule has 0 spiro atoms. The molecular weight excluding hydrogens is 548 g/mol. The first-order valence-corrected chi connectivity index (χ1v) is 15.2. The van der Waals surface area contributed by atoms with Crippen LogP contribution in [0.25, 0.3) is 0 Å². The Morgan fingerprint density at radius 2 is 1.48 bits per heavy atom. The van der Waals surface area contributed by atoms with E-state index >= 15 is 0 Å². The lowest BCUT2D eigenvalue weighted by molar-refractivity contribution is -0.114. The number of nitrogens with zero attached hydrogens (tertiary/aromatic N) is 1. The predicted octanol–water partition coefficient (Wildman–Crippen LogP) is 6.76. The van der Waals surface area contributed by atoms with Gasteiger partial charge in [0.1, 0.15) is 12.3 Å². The summed E-state index contributed by atoms with van der Waals surface area (Å²) < 4.78 is 34.0. The Hall–Kier alpha value is -4.43. The van der Waals surface area contributed by atoms with Gasteiger partial charge in [-0.1, -0.05) is 74.9 Å². The second-order valence-electron chi connectivity index (χ2n) is 11.0. The van der Waals surface area contributed by atoms with Gasteiger partial charge in [0, 0.05) is 16.8 Å². The number of ether oxygens (including phenoxy) is 1. The molecule has 42 heavy (non-hydrogen) atoms. The van der Waals surface area contributed by atoms with Crippen LogP contribution in [0.1, 0.15) is 54.7 Å². The maximum atomic E-state index is 13.7. The lowest BCUT2D eigenvalue weighted by Crippen LogP contribution is -2.38. The second kappa shape index (κ2) is 12.6. The number of sulfonamides is 1. The van der Waals surface area contributed by atoms with Crippen LogP contribution in [-0.4, -0.2) is 33.3 Å². The first-order valence-electron chi connectivity index (χ1n) is 13.8. The largest absolute Gasteiger partial charge is 0.494 e. The molecule has 0 atom stereocenters. The SMILES string of the molecule is CCOc1ccc(S(=O)(=O)N(CC(=O)Nc2cccc(C(=O)c3ccc(C(C)(C)C)cc3)c2)c2ccc(C)cc2)cc1. The highest BCUT2D eigenvalue weighted by atomic mass is 32.2. The average Bonchev–Trinajstić information content (AvgIpc) is 2.96. The highest BCUT2D eigenvalue weighted by molar-refractivity contribution is 7.92. The van der Waals surface area contributed by atoms with E-state index in [0.29, 0.717) is 34.9 Å². The Bertz CT molecular complexity index is 1660. The number of anilines is 2. The molecular formula is C34H36N2O5S. The molecule has 218 valence electrons. The van der Waals surface area contributed by atoms with Crippen LogP contribution in [-0.2, 0) is 20.2 Å².